The lowest BCUT2D eigenvalue weighted by molar-refractivity contribution is 0.0420. The van der Waals surface area contributed by atoms with Crippen LogP contribution in [0.4, 0.5) is 0 Å². The molecule has 2 aromatic carbocycles. The first kappa shape index (κ1) is 15.0. The van der Waals surface area contributed by atoms with Gasteiger partial charge in [0.15, 0.2) is 0 Å². The molecule has 1 heterocycles. The smallest absolute Gasteiger partial charge is 0.338 e. The normalized spacial score (nSPS) is 13.2. The van der Waals surface area contributed by atoms with E-state index in [4.69, 9.17) is 4.74 Å². The van der Waals surface area contributed by atoms with E-state index in [0.29, 0.717) is 16.7 Å². The highest BCUT2D eigenvalue weighted by Crippen LogP contribution is 2.21. The van der Waals surface area contributed by atoms with E-state index in [-0.39, 0.29) is 25.0 Å². The van der Waals surface area contributed by atoms with Crippen LogP contribution < -0.4 is 0 Å². The molecule has 3 rings (SSSR count). The van der Waals surface area contributed by atoms with E-state index < -0.39 is 5.97 Å². The van der Waals surface area contributed by atoms with E-state index in [9.17, 15) is 14.4 Å². The molecule has 1 aliphatic heterocycles. The molecule has 2 amide bonds. The van der Waals surface area contributed by atoms with Crippen LogP contribution in [0.25, 0.3) is 0 Å². The van der Waals surface area contributed by atoms with Crippen LogP contribution in [0.5, 0.6) is 0 Å². The van der Waals surface area contributed by atoms with Gasteiger partial charge in [0.05, 0.1) is 23.2 Å². The SMILES string of the molecule is Cc1cccc(C(=O)OCCN2C(=O)c3ccccc3C2=O)c1. The third-order valence-electron chi connectivity index (χ3n) is 3.68. The Morgan fingerprint density at radius 3 is 2.26 bits per heavy atom. The lowest BCUT2D eigenvalue weighted by atomic mass is 10.1. The van der Waals surface area contributed by atoms with Crippen molar-refractivity contribution in [3.05, 3.63) is 70.8 Å². The Bertz CT molecular complexity index is 762. The quantitative estimate of drug-likeness (QED) is 0.643. The van der Waals surface area contributed by atoms with Gasteiger partial charge in [0, 0.05) is 0 Å². The molecular weight excluding hydrogens is 294 g/mol. The number of amides is 2. The maximum absolute atomic E-state index is 12.2. The number of imide groups is 1. The Labute approximate surface area is 133 Å². The van der Waals surface area contributed by atoms with Crippen molar-refractivity contribution in [3.8, 4) is 0 Å². The van der Waals surface area contributed by atoms with Crippen LogP contribution in [-0.4, -0.2) is 35.8 Å². The van der Waals surface area contributed by atoms with Crippen molar-refractivity contribution in [2.24, 2.45) is 0 Å². The third kappa shape index (κ3) is 2.85. The van der Waals surface area contributed by atoms with Gasteiger partial charge in [-0.05, 0) is 31.2 Å². The summed E-state index contributed by atoms with van der Waals surface area (Å²) in [6.45, 7) is 1.90. The van der Waals surface area contributed by atoms with Crippen molar-refractivity contribution in [2.45, 2.75) is 6.92 Å². The Hall–Kier alpha value is -2.95. The standard InChI is InChI=1S/C18H15NO4/c1-12-5-4-6-13(11-12)18(22)23-10-9-19-16(20)14-7-2-3-8-15(14)17(19)21/h2-8,11H,9-10H2,1H3. The Morgan fingerprint density at radius 2 is 1.65 bits per heavy atom. The minimum absolute atomic E-state index is 0.0295. The largest absolute Gasteiger partial charge is 0.460 e. The topological polar surface area (TPSA) is 63.7 Å². The minimum atomic E-state index is -0.467. The van der Waals surface area contributed by atoms with Gasteiger partial charge in [0.25, 0.3) is 11.8 Å². The molecule has 0 saturated carbocycles. The summed E-state index contributed by atoms with van der Waals surface area (Å²) >= 11 is 0. The molecular formula is C18H15NO4. The van der Waals surface area contributed by atoms with E-state index in [1.807, 2.05) is 13.0 Å². The molecule has 0 radical (unpaired) electrons. The molecule has 116 valence electrons. The van der Waals surface area contributed by atoms with Crippen LogP contribution in [0.15, 0.2) is 48.5 Å². The van der Waals surface area contributed by atoms with Crippen LogP contribution in [0.1, 0.15) is 36.6 Å². The molecule has 5 heteroatoms. The Kier molecular flexibility index (Phi) is 3.93. The molecule has 0 bridgehead atoms. The van der Waals surface area contributed by atoms with Gasteiger partial charge >= 0.3 is 5.97 Å². The first-order chi connectivity index (χ1) is 11.1. The van der Waals surface area contributed by atoms with Crippen molar-refractivity contribution >= 4 is 17.8 Å². The predicted molar refractivity (Wildman–Crippen MR) is 83.3 cm³/mol. The van der Waals surface area contributed by atoms with Gasteiger partial charge in [-0.25, -0.2) is 4.79 Å². The molecule has 0 atom stereocenters. The highest BCUT2D eigenvalue weighted by atomic mass is 16.5. The Balaban J connectivity index is 1.61. The maximum atomic E-state index is 12.2. The van der Waals surface area contributed by atoms with Crippen molar-refractivity contribution in [3.63, 3.8) is 0 Å². The van der Waals surface area contributed by atoms with Gasteiger partial charge in [0.2, 0.25) is 0 Å². The van der Waals surface area contributed by atoms with Gasteiger partial charge in [0.1, 0.15) is 6.61 Å². The fraction of sp³-hybridized carbons (Fsp3) is 0.167. The number of ether oxygens (including phenoxy) is 1. The highest BCUT2D eigenvalue weighted by molar-refractivity contribution is 6.21. The summed E-state index contributed by atoms with van der Waals surface area (Å²) in [6, 6.07) is 13.7. The van der Waals surface area contributed by atoms with Crippen LogP contribution >= 0.6 is 0 Å². The van der Waals surface area contributed by atoms with Crippen molar-refractivity contribution in [1.29, 1.82) is 0 Å². The number of aryl methyl sites for hydroxylation is 1. The number of nitrogens with zero attached hydrogens (tertiary/aromatic N) is 1. The molecule has 2 aromatic rings. The second kappa shape index (κ2) is 6.04. The summed E-state index contributed by atoms with van der Waals surface area (Å²) in [6.07, 6.45) is 0. The summed E-state index contributed by atoms with van der Waals surface area (Å²) in [5, 5.41) is 0. The summed E-state index contributed by atoms with van der Waals surface area (Å²) < 4.78 is 5.16. The number of benzene rings is 2. The number of carbonyl (C=O) groups excluding carboxylic acids is 3. The zero-order valence-electron chi connectivity index (χ0n) is 12.6. The van der Waals surface area contributed by atoms with Gasteiger partial charge in [-0.3, -0.25) is 14.5 Å². The summed E-state index contributed by atoms with van der Waals surface area (Å²) in [7, 11) is 0. The van der Waals surface area contributed by atoms with Crippen LogP contribution in [0.2, 0.25) is 0 Å². The Morgan fingerprint density at radius 1 is 1.00 bits per heavy atom. The minimum Gasteiger partial charge on any atom is -0.460 e. The molecule has 0 aliphatic carbocycles. The van der Waals surface area contributed by atoms with Crippen LogP contribution in [0.3, 0.4) is 0 Å². The van der Waals surface area contributed by atoms with E-state index in [2.05, 4.69) is 0 Å². The van der Waals surface area contributed by atoms with Gasteiger partial charge in [-0.1, -0.05) is 29.8 Å². The average molecular weight is 309 g/mol. The number of esters is 1. The van der Waals surface area contributed by atoms with E-state index in [1.165, 1.54) is 0 Å². The average Bonchev–Trinajstić information content (AvgIpc) is 2.80. The number of carbonyl (C=O) groups is 3. The number of fused-ring (bicyclic) bond motifs is 1. The lowest BCUT2D eigenvalue weighted by Gasteiger charge is -2.13. The van der Waals surface area contributed by atoms with Crippen molar-refractivity contribution < 1.29 is 19.1 Å². The first-order valence-electron chi connectivity index (χ1n) is 7.27. The number of hydrogen-bond acceptors (Lipinski definition) is 4. The zero-order chi connectivity index (χ0) is 16.4. The summed E-state index contributed by atoms with van der Waals surface area (Å²) in [5.41, 5.74) is 2.19. The molecule has 0 aromatic heterocycles. The fourth-order valence-electron chi connectivity index (χ4n) is 2.53. The number of rotatable bonds is 4. The van der Waals surface area contributed by atoms with Gasteiger partial charge in [-0.15, -0.1) is 0 Å². The monoisotopic (exact) mass is 309 g/mol. The van der Waals surface area contributed by atoms with Crippen molar-refractivity contribution in [1.82, 2.24) is 4.90 Å². The molecule has 0 unspecified atom stereocenters. The maximum Gasteiger partial charge on any atom is 0.338 e. The molecule has 0 saturated heterocycles. The zero-order valence-corrected chi connectivity index (χ0v) is 12.6. The molecule has 23 heavy (non-hydrogen) atoms. The first-order valence-corrected chi connectivity index (χ1v) is 7.27. The lowest BCUT2D eigenvalue weighted by Crippen LogP contribution is -2.33. The third-order valence-corrected chi connectivity index (χ3v) is 3.68. The summed E-state index contributed by atoms with van der Waals surface area (Å²) in [5.74, 6) is -1.17. The molecule has 0 spiro atoms. The predicted octanol–water partition coefficient (Wildman–Crippen LogP) is 2.45. The number of hydrogen-bond donors (Lipinski definition) is 0. The molecule has 0 N–H and O–H groups in total. The van der Waals surface area contributed by atoms with E-state index >= 15 is 0 Å². The van der Waals surface area contributed by atoms with Crippen LogP contribution in [-0.2, 0) is 4.74 Å². The second-order valence-electron chi connectivity index (χ2n) is 5.31. The van der Waals surface area contributed by atoms with E-state index in [1.54, 1.807) is 42.5 Å². The van der Waals surface area contributed by atoms with E-state index in [0.717, 1.165) is 10.5 Å². The fourth-order valence-corrected chi connectivity index (χ4v) is 2.53. The van der Waals surface area contributed by atoms with Crippen LogP contribution in [0, 0.1) is 6.92 Å². The molecule has 1 aliphatic rings. The molecule has 5 nitrogen and oxygen atoms in total. The van der Waals surface area contributed by atoms with Gasteiger partial charge in [-0.2, -0.15) is 0 Å². The highest BCUT2D eigenvalue weighted by Gasteiger charge is 2.34. The van der Waals surface area contributed by atoms with Gasteiger partial charge < -0.3 is 4.74 Å². The van der Waals surface area contributed by atoms with Crippen molar-refractivity contribution in [2.75, 3.05) is 13.2 Å². The molecule has 0 fully saturated rings. The second-order valence-corrected chi connectivity index (χ2v) is 5.31. The summed E-state index contributed by atoms with van der Waals surface area (Å²) in [4.78, 5) is 37.4.